The topological polar surface area (TPSA) is 20.2 Å². The van der Waals surface area contributed by atoms with Crippen LogP contribution in [-0.2, 0) is 0 Å². The molecular formula is C8H10Cl2O. The third kappa shape index (κ3) is 1.98. The molecule has 3 heteroatoms. The zero-order chi connectivity index (χ0) is 8.48. The second kappa shape index (κ2) is 3.18. The average molecular weight is 193 g/mol. The van der Waals surface area contributed by atoms with Crippen molar-refractivity contribution in [2.45, 2.75) is 18.4 Å². The lowest BCUT2D eigenvalue weighted by molar-refractivity contribution is 0.129. The number of alkyl halides is 1. The summed E-state index contributed by atoms with van der Waals surface area (Å²) in [6.45, 7) is 1.97. The van der Waals surface area contributed by atoms with Gasteiger partial charge in [0, 0.05) is 11.0 Å². The predicted molar refractivity (Wildman–Crippen MR) is 47.7 cm³/mol. The molecule has 0 amide bonds. The summed E-state index contributed by atoms with van der Waals surface area (Å²) in [5.41, 5.74) is 0. The van der Waals surface area contributed by atoms with E-state index in [0.29, 0.717) is 5.03 Å². The molecule has 1 nitrogen and oxygen atoms in total. The van der Waals surface area contributed by atoms with Crippen LogP contribution in [0.1, 0.15) is 13.3 Å². The van der Waals surface area contributed by atoms with Crippen molar-refractivity contribution < 1.29 is 5.11 Å². The van der Waals surface area contributed by atoms with Crippen molar-refractivity contribution in [2.75, 3.05) is 0 Å². The van der Waals surface area contributed by atoms with E-state index in [1.807, 2.05) is 13.0 Å². The lowest BCUT2D eigenvalue weighted by Gasteiger charge is -2.27. The highest BCUT2D eigenvalue weighted by molar-refractivity contribution is 6.33. The van der Waals surface area contributed by atoms with E-state index in [2.05, 4.69) is 0 Å². The normalized spacial score (nSPS) is 37.1. The van der Waals surface area contributed by atoms with Crippen molar-refractivity contribution in [2.24, 2.45) is 5.92 Å². The SMILES string of the molecule is CCC1C=CC(Cl)=CC1(O)Cl. The maximum Gasteiger partial charge on any atom is 0.165 e. The van der Waals surface area contributed by atoms with E-state index in [1.165, 1.54) is 6.08 Å². The highest BCUT2D eigenvalue weighted by Gasteiger charge is 2.31. The first-order chi connectivity index (χ1) is 5.06. The standard InChI is InChI=1S/C8H10Cl2O/c1-2-6-3-4-7(9)5-8(6,10)11/h3-6,11H,2H2,1H3. The Morgan fingerprint density at radius 1 is 1.73 bits per heavy atom. The summed E-state index contributed by atoms with van der Waals surface area (Å²) in [6.07, 6.45) is 5.85. The molecule has 1 N–H and O–H groups in total. The maximum absolute atomic E-state index is 9.56. The van der Waals surface area contributed by atoms with Crippen LogP contribution in [0.25, 0.3) is 0 Å². The summed E-state index contributed by atoms with van der Waals surface area (Å²) in [5.74, 6) is -0.0355. The molecule has 0 spiro atoms. The lowest BCUT2D eigenvalue weighted by atomic mass is 9.94. The Morgan fingerprint density at radius 2 is 2.36 bits per heavy atom. The molecule has 0 fully saturated rings. The first-order valence-corrected chi connectivity index (χ1v) is 4.29. The smallest absolute Gasteiger partial charge is 0.165 e. The van der Waals surface area contributed by atoms with Gasteiger partial charge in [0.1, 0.15) is 0 Å². The summed E-state index contributed by atoms with van der Waals surface area (Å²) in [7, 11) is 0. The Balaban J connectivity index is 2.84. The van der Waals surface area contributed by atoms with Gasteiger partial charge in [0.05, 0.1) is 0 Å². The molecule has 1 aliphatic rings. The van der Waals surface area contributed by atoms with Crippen molar-refractivity contribution in [3.63, 3.8) is 0 Å². The van der Waals surface area contributed by atoms with E-state index in [1.54, 1.807) is 6.08 Å². The van der Waals surface area contributed by atoms with E-state index in [4.69, 9.17) is 23.2 Å². The predicted octanol–water partition coefficient (Wildman–Crippen LogP) is 2.63. The van der Waals surface area contributed by atoms with Crippen LogP contribution in [0, 0.1) is 5.92 Å². The molecule has 0 aromatic carbocycles. The van der Waals surface area contributed by atoms with Gasteiger partial charge in [-0.3, -0.25) is 0 Å². The minimum Gasteiger partial charge on any atom is -0.371 e. The van der Waals surface area contributed by atoms with Gasteiger partial charge in [-0.15, -0.1) is 0 Å². The van der Waals surface area contributed by atoms with Crippen molar-refractivity contribution in [1.82, 2.24) is 0 Å². The van der Waals surface area contributed by atoms with Gasteiger partial charge in [-0.05, 0) is 18.6 Å². The molecule has 1 rings (SSSR count). The lowest BCUT2D eigenvalue weighted by Crippen LogP contribution is -2.29. The van der Waals surface area contributed by atoms with Crippen LogP contribution >= 0.6 is 23.2 Å². The molecule has 1 aliphatic carbocycles. The number of hydrogen-bond acceptors (Lipinski definition) is 1. The first kappa shape index (κ1) is 9.11. The van der Waals surface area contributed by atoms with Crippen LogP contribution in [0.4, 0.5) is 0 Å². The minimum absolute atomic E-state index is 0.0355. The number of aliphatic hydroxyl groups is 1. The summed E-state index contributed by atoms with van der Waals surface area (Å²) < 4.78 is 0. The van der Waals surface area contributed by atoms with E-state index >= 15 is 0 Å². The van der Waals surface area contributed by atoms with E-state index in [9.17, 15) is 5.11 Å². The molecule has 0 aromatic heterocycles. The monoisotopic (exact) mass is 192 g/mol. The van der Waals surface area contributed by atoms with Crippen LogP contribution in [-0.4, -0.2) is 10.2 Å². The second-order valence-electron chi connectivity index (χ2n) is 2.63. The fraction of sp³-hybridized carbons (Fsp3) is 0.500. The van der Waals surface area contributed by atoms with Gasteiger partial charge < -0.3 is 5.11 Å². The molecule has 0 heterocycles. The van der Waals surface area contributed by atoms with Gasteiger partial charge >= 0.3 is 0 Å². The highest BCUT2D eigenvalue weighted by Crippen LogP contribution is 2.33. The summed E-state index contributed by atoms with van der Waals surface area (Å²) in [4.78, 5) is 0. The van der Waals surface area contributed by atoms with Gasteiger partial charge in [-0.2, -0.15) is 0 Å². The Morgan fingerprint density at radius 3 is 2.82 bits per heavy atom. The van der Waals surface area contributed by atoms with Crippen LogP contribution < -0.4 is 0 Å². The summed E-state index contributed by atoms with van der Waals surface area (Å²) in [6, 6.07) is 0. The van der Waals surface area contributed by atoms with Gasteiger partial charge in [0.15, 0.2) is 5.06 Å². The molecule has 0 aromatic rings. The van der Waals surface area contributed by atoms with Crippen LogP contribution in [0.5, 0.6) is 0 Å². The zero-order valence-corrected chi connectivity index (χ0v) is 7.73. The Kier molecular flexibility index (Phi) is 2.63. The van der Waals surface area contributed by atoms with Gasteiger partial charge in [-0.1, -0.05) is 36.2 Å². The number of rotatable bonds is 1. The fourth-order valence-electron chi connectivity index (χ4n) is 1.11. The largest absolute Gasteiger partial charge is 0.371 e. The third-order valence-corrected chi connectivity index (χ3v) is 2.41. The quantitative estimate of drug-likeness (QED) is 0.634. The molecule has 11 heavy (non-hydrogen) atoms. The molecule has 0 bridgehead atoms. The molecule has 2 unspecified atom stereocenters. The van der Waals surface area contributed by atoms with Crippen LogP contribution in [0.15, 0.2) is 23.3 Å². The Hall–Kier alpha value is 0.0200. The van der Waals surface area contributed by atoms with E-state index < -0.39 is 5.06 Å². The molecule has 0 radical (unpaired) electrons. The second-order valence-corrected chi connectivity index (χ2v) is 3.67. The van der Waals surface area contributed by atoms with E-state index in [-0.39, 0.29) is 5.92 Å². The number of hydrogen-bond donors (Lipinski definition) is 1. The average Bonchev–Trinajstić information content (AvgIpc) is 1.85. The van der Waals surface area contributed by atoms with E-state index in [0.717, 1.165) is 6.42 Å². The molecular weight excluding hydrogens is 183 g/mol. The highest BCUT2D eigenvalue weighted by atomic mass is 35.5. The summed E-state index contributed by atoms with van der Waals surface area (Å²) >= 11 is 11.4. The fourth-order valence-corrected chi connectivity index (χ4v) is 1.75. The number of allylic oxidation sites excluding steroid dienone is 2. The summed E-state index contributed by atoms with van der Waals surface area (Å²) in [5, 5.41) is 8.76. The third-order valence-electron chi connectivity index (χ3n) is 1.79. The van der Waals surface area contributed by atoms with Crippen LogP contribution in [0.2, 0.25) is 0 Å². The molecule has 2 atom stereocenters. The minimum atomic E-state index is -1.29. The van der Waals surface area contributed by atoms with Crippen molar-refractivity contribution in [3.05, 3.63) is 23.3 Å². The van der Waals surface area contributed by atoms with Crippen LogP contribution in [0.3, 0.4) is 0 Å². The molecule has 0 aliphatic heterocycles. The molecule has 0 saturated heterocycles. The van der Waals surface area contributed by atoms with Crippen molar-refractivity contribution >= 4 is 23.2 Å². The van der Waals surface area contributed by atoms with Gasteiger partial charge in [0.25, 0.3) is 0 Å². The molecule has 0 saturated carbocycles. The van der Waals surface area contributed by atoms with Gasteiger partial charge in [0.2, 0.25) is 0 Å². The molecule has 62 valence electrons. The number of halogens is 2. The van der Waals surface area contributed by atoms with Crippen molar-refractivity contribution in [3.8, 4) is 0 Å². The Bertz CT molecular complexity index is 206. The zero-order valence-electron chi connectivity index (χ0n) is 6.22. The maximum atomic E-state index is 9.56. The first-order valence-electron chi connectivity index (χ1n) is 3.54. The van der Waals surface area contributed by atoms with Gasteiger partial charge in [-0.25, -0.2) is 0 Å². The Labute approximate surface area is 76.3 Å². The van der Waals surface area contributed by atoms with Crippen molar-refractivity contribution in [1.29, 1.82) is 0 Å².